The van der Waals surface area contributed by atoms with E-state index in [1.165, 1.54) is 0 Å². The first-order valence-electron chi connectivity index (χ1n) is 7.04. The van der Waals surface area contributed by atoms with Crippen LogP contribution in [0.25, 0.3) is 0 Å². The zero-order chi connectivity index (χ0) is 15.2. The lowest BCUT2D eigenvalue weighted by atomic mass is 10.0. The number of methoxy groups -OCH3 is 1. The largest absolute Gasteiger partial charge is 0.496 e. The summed E-state index contributed by atoms with van der Waals surface area (Å²) in [5.41, 5.74) is 2.99. The van der Waals surface area contributed by atoms with Gasteiger partial charge in [0.2, 0.25) is 0 Å². The number of ether oxygens (including phenoxy) is 1. The van der Waals surface area contributed by atoms with Crippen LogP contribution in [0.4, 0.5) is 0 Å². The van der Waals surface area contributed by atoms with Gasteiger partial charge in [-0.15, -0.1) is 0 Å². The molecule has 21 heavy (non-hydrogen) atoms. The summed E-state index contributed by atoms with van der Waals surface area (Å²) in [6, 6.07) is 18.2. The van der Waals surface area contributed by atoms with Crippen molar-refractivity contribution in [2.24, 2.45) is 0 Å². The van der Waals surface area contributed by atoms with Gasteiger partial charge in [-0.25, -0.2) is 0 Å². The van der Waals surface area contributed by atoms with E-state index in [0.29, 0.717) is 5.56 Å². The zero-order valence-electron chi connectivity index (χ0n) is 12.6. The predicted molar refractivity (Wildman–Crippen MR) is 84.1 cm³/mol. The SMILES string of the molecule is COc1ccccc1[C@@H](C)NC(C)c1ccc(C#N)cc1. The Morgan fingerprint density at radius 2 is 1.67 bits per heavy atom. The molecule has 0 bridgehead atoms. The maximum Gasteiger partial charge on any atom is 0.123 e. The molecule has 0 amide bonds. The zero-order valence-corrected chi connectivity index (χ0v) is 12.6. The van der Waals surface area contributed by atoms with E-state index >= 15 is 0 Å². The fourth-order valence-corrected chi connectivity index (χ4v) is 2.43. The standard InChI is InChI=1S/C18H20N2O/c1-13(16-10-8-15(12-19)9-11-16)20-14(2)17-6-4-5-7-18(17)21-3/h4-11,13-14,20H,1-3H3/t13?,14-/m1/s1. The smallest absolute Gasteiger partial charge is 0.123 e. The summed E-state index contributed by atoms with van der Waals surface area (Å²) in [5.74, 6) is 0.893. The Labute approximate surface area is 126 Å². The highest BCUT2D eigenvalue weighted by molar-refractivity contribution is 5.36. The van der Waals surface area contributed by atoms with Crippen molar-refractivity contribution in [1.82, 2.24) is 5.32 Å². The molecule has 0 fully saturated rings. The van der Waals surface area contributed by atoms with Crippen LogP contribution in [0.3, 0.4) is 0 Å². The number of rotatable bonds is 5. The van der Waals surface area contributed by atoms with Crippen LogP contribution in [-0.2, 0) is 0 Å². The molecular formula is C18H20N2O. The van der Waals surface area contributed by atoms with Crippen LogP contribution >= 0.6 is 0 Å². The molecule has 0 radical (unpaired) electrons. The molecule has 0 aliphatic carbocycles. The van der Waals surface area contributed by atoms with Gasteiger partial charge in [0.15, 0.2) is 0 Å². The van der Waals surface area contributed by atoms with Gasteiger partial charge in [0.25, 0.3) is 0 Å². The molecule has 2 aromatic carbocycles. The van der Waals surface area contributed by atoms with E-state index in [2.05, 4.69) is 31.3 Å². The van der Waals surface area contributed by atoms with Gasteiger partial charge in [-0.1, -0.05) is 30.3 Å². The van der Waals surface area contributed by atoms with Crippen molar-refractivity contribution in [1.29, 1.82) is 5.26 Å². The molecule has 0 spiro atoms. The highest BCUT2D eigenvalue weighted by Gasteiger charge is 2.14. The van der Waals surface area contributed by atoms with E-state index < -0.39 is 0 Å². The van der Waals surface area contributed by atoms with Crippen molar-refractivity contribution in [3.8, 4) is 11.8 Å². The number of nitrogens with zero attached hydrogens (tertiary/aromatic N) is 1. The van der Waals surface area contributed by atoms with E-state index in [1.54, 1.807) is 7.11 Å². The molecule has 0 aromatic heterocycles. The lowest BCUT2D eigenvalue weighted by Gasteiger charge is -2.22. The minimum absolute atomic E-state index is 0.173. The number of benzene rings is 2. The molecule has 0 heterocycles. The Morgan fingerprint density at radius 1 is 1.00 bits per heavy atom. The number of para-hydroxylation sites is 1. The fourth-order valence-electron chi connectivity index (χ4n) is 2.43. The van der Waals surface area contributed by atoms with Crippen LogP contribution in [0.1, 0.15) is 42.6 Å². The van der Waals surface area contributed by atoms with Crippen molar-refractivity contribution < 1.29 is 4.74 Å². The van der Waals surface area contributed by atoms with Crippen LogP contribution in [0.5, 0.6) is 5.75 Å². The van der Waals surface area contributed by atoms with Gasteiger partial charge < -0.3 is 10.1 Å². The molecule has 108 valence electrons. The monoisotopic (exact) mass is 280 g/mol. The van der Waals surface area contributed by atoms with Crippen molar-refractivity contribution in [3.05, 3.63) is 65.2 Å². The Balaban J connectivity index is 2.11. The Morgan fingerprint density at radius 3 is 2.29 bits per heavy atom. The number of hydrogen-bond acceptors (Lipinski definition) is 3. The van der Waals surface area contributed by atoms with Gasteiger partial charge in [-0.05, 0) is 37.6 Å². The van der Waals surface area contributed by atoms with E-state index in [-0.39, 0.29) is 12.1 Å². The maximum atomic E-state index is 8.84. The fraction of sp³-hybridized carbons (Fsp3) is 0.278. The Hall–Kier alpha value is -2.31. The second-order valence-corrected chi connectivity index (χ2v) is 5.09. The molecule has 2 rings (SSSR count). The van der Waals surface area contributed by atoms with Gasteiger partial charge in [-0.3, -0.25) is 0 Å². The first kappa shape index (κ1) is 15.1. The third-order valence-electron chi connectivity index (χ3n) is 3.65. The molecular weight excluding hydrogens is 260 g/mol. The van der Waals surface area contributed by atoms with Gasteiger partial charge in [0.1, 0.15) is 5.75 Å². The van der Waals surface area contributed by atoms with E-state index in [1.807, 2.05) is 42.5 Å². The van der Waals surface area contributed by atoms with Crippen molar-refractivity contribution >= 4 is 0 Å². The molecule has 3 heteroatoms. The maximum absolute atomic E-state index is 8.84. The summed E-state index contributed by atoms with van der Waals surface area (Å²) in [6.45, 7) is 4.24. The van der Waals surface area contributed by atoms with Gasteiger partial charge in [0.05, 0.1) is 18.7 Å². The lowest BCUT2D eigenvalue weighted by molar-refractivity contribution is 0.396. The number of hydrogen-bond donors (Lipinski definition) is 1. The molecule has 1 unspecified atom stereocenters. The van der Waals surface area contributed by atoms with Crippen LogP contribution in [0.2, 0.25) is 0 Å². The summed E-state index contributed by atoms with van der Waals surface area (Å²) in [4.78, 5) is 0. The summed E-state index contributed by atoms with van der Waals surface area (Å²) >= 11 is 0. The van der Waals surface area contributed by atoms with Crippen molar-refractivity contribution in [2.75, 3.05) is 7.11 Å². The molecule has 0 aliphatic rings. The second-order valence-electron chi connectivity index (χ2n) is 5.09. The average Bonchev–Trinajstić information content (AvgIpc) is 2.54. The molecule has 2 aromatic rings. The molecule has 0 saturated heterocycles. The van der Waals surface area contributed by atoms with Crippen molar-refractivity contribution in [2.45, 2.75) is 25.9 Å². The third-order valence-corrected chi connectivity index (χ3v) is 3.65. The van der Waals surface area contributed by atoms with Gasteiger partial charge in [0, 0.05) is 17.6 Å². The second kappa shape index (κ2) is 6.92. The van der Waals surface area contributed by atoms with Crippen molar-refractivity contribution in [3.63, 3.8) is 0 Å². The Bertz CT molecular complexity index is 628. The summed E-state index contributed by atoms with van der Waals surface area (Å²) in [5, 5.41) is 12.4. The van der Waals surface area contributed by atoms with Crippen LogP contribution in [0, 0.1) is 11.3 Å². The predicted octanol–water partition coefficient (Wildman–Crippen LogP) is 3.98. The van der Waals surface area contributed by atoms with Crippen LogP contribution < -0.4 is 10.1 Å². The minimum atomic E-state index is 0.173. The first-order valence-corrected chi connectivity index (χ1v) is 7.04. The highest BCUT2D eigenvalue weighted by Crippen LogP contribution is 2.26. The third kappa shape index (κ3) is 3.62. The normalized spacial score (nSPS) is 13.2. The van der Waals surface area contributed by atoms with E-state index in [0.717, 1.165) is 16.9 Å². The van der Waals surface area contributed by atoms with Gasteiger partial charge in [-0.2, -0.15) is 5.26 Å². The lowest BCUT2D eigenvalue weighted by Crippen LogP contribution is -2.22. The minimum Gasteiger partial charge on any atom is -0.496 e. The topological polar surface area (TPSA) is 45.0 Å². The Kier molecular flexibility index (Phi) is 4.97. The average molecular weight is 280 g/mol. The molecule has 0 aliphatic heterocycles. The number of nitrogens with one attached hydrogen (secondary N) is 1. The first-order chi connectivity index (χ1) is 10.2. The molecule has 3 nitrogen and oxygen atoms in total. The number of nitriles is 1. The highest BCUT2D eigenvalue weighted by atomic mass is 16.5. The summed E-state index contributed by atoms with van der Waals surface area (Å²) in [6.07, 6.45) is 0. The van der Waals surface area contributed by atoms with E-state index in [9.17, 15) is 0 Å². The quantitative estimate of drug-likeness (QED) is 0.901. The molecule has 1 N–H and O–H groups in total. The van der Waals surface area contributed by atoms with Crippen LogP contribution in [0.15, 0.2) is 48.5 Å². The van der Waals surface area contributed by atoms with Gasteiger partial charge >= 0.3 is 0 Å². The summed E-state index contributed by atoms with van der Waals surface area (Å²) in [7, 11) is 1.69. The summed E-state index contributed by atoms with van der Waals surface area (Å²) < 4.78 is 5.41. The molecule has 2 atom stereocenters. The molecule has 0 saturated carbocycles. The van der Waals surface area contributed by atoms with E-state index in [4.69, 9.17) is 10.00 Å². The van der Waals surface area contributed by atoms with Crippen LogP contribution in [-0.4, -0.2) is 7.11 Å².